The molecular weight excluding hydrogens is 308 g/mol. The number of aryl methyl sites for hydroxylation is 1. The van der Waals surface area contributed by atoms with Crippen molar-refractivity contribution in [3.8, 4) is 0 Å². The molecule has 0 radical (unpaired) electrons. The first-order chi connectivity index (χ1) is 9.37. The van der Waals surface area contributed by atoms with E-state index in [0.717, 1.165) is 0 Å². The Kier molecular flexibility index (Phi) is 6.43. The third-order valence-electron chi connectivity index (χ3n) is 3.53. The number of nitrogens with zero attached hydrogens (tertiary/aromatic N) is 1. The third-order valence-corrected chi connectivity index (χ3v) is 3.53. The molecule has 2 rings (SSSR count). The normalized spacial score (nSPS) is 18.1. The van der Waals surface area contributed by atoms with Gasteiger partial charge in [0, 0.05) is 37.8 Å². The Morgan fingerprint density at radius 2 is 1.86 bits per heavy atom. The number of benzene rings is 1. The van der Waals surface area contributed by atoms with Crippen LogP contribution in [-0.2, 0) is 0 Å². The van der Waals surface area contributed by atoms with Crippen molar-refractivity contribution in [3.05, 3.63) is 35.1 Å². The highest BCUT2D eigenvalue weighted by molar-refractivity contribution is 5.85. The van der Waals surface area contributed by atoms with Gasteiger partial charge in [-0.05, 0) is 18.6 Å². The summed E-state index contributed by atoms with van der Waals surface area (Å²) in [5.41, 5.74) is 0.840. The van der Waals surface area contributed by atoms with Gasteiger partial charge in [-0.1, -0.05) is 12.1 Å². The van der Waals surface area contributed by atoms with E-state index in [1.165, 1.54) is 12.1 Å². The van der Waals surface area contributed by atoms with Crippen LogP contribution in [0, 0.1) is 12.7 Å². The molecule has 120 valence electrons. The van der Waals surface area contributed by atoms with Gasteiger partial charge in [-0.2, -0.15) is 13.2 Å². The molecule has 0 bridgehead atoms. The van der Waals surface area contributed by atoms with Crippen molar-refractivity contribution >= 4 is 12.4 Å². The lowest BCUT2D eigenvalue weighted by Crippen LogP contribution is -2.46. The molecule has 21 heavy (non-hydrogen) atoms. The molecule has 0 saturated carbocycles. The fourth-order valence-corrected chi connectivity index (χ4v) is 2.55. The Morgan fingerprint density at radius 3 is 2.38 bits per heavy atom. The predicted octanol–water partition coefficient (Wildman–Crippen LogP) is 3.45. The first-order valence-electron chi connectivity index (χ1n) is 6.64. The first kappa shape index (κ1) is 18.2. The van der Waals surface area contributed by atoms with E-state index in [1.807, 2.05) is 0 Å². The maximum Gasteiger partial charge on any atom is 0.390 e. The largest absolute Gasteiger partial charge is 0.390 e. The lowest BCUT2D eigenvalue weighted by molar-refractivity contribution is -0.149. The molecule has 1 aromatic rings. The molecule has 1 atom stereocenters. The summed E-state index contributed by atoms with van der Waals surface area (Å²) in [7, 11) is 0. The van der Waals surface area contributed by atoms with Gasteiger partial charge in [0.1, 0.15) is 5.82 Å². The second-order valence-electron chi connectivity index (χ2n) is 5.15. The Bertz CT molecular complexity index is 459. The van der Waals surface area contributed by atoms with Crippen molar-refractivity contribution in [2.75, 3.05) is 26.2 Å². The van der Waals surface area contributed by atoms with Crippen molar-refractivity contribution in [1.82, 2.24) is 10.2 Å². The van der Waals surface area contributed by atoms with Gasteiger partial charge in [-0.15, -0.1) is 12.4 Å². The fraction of sp³-hybridized carbons (Fsp3) is 0.571. The summed E-state index contributed by atoms with van der Waals surface area (Å²) in [4.78, 5) is 1.71. The average molecular weight is 327 g/mol. The maximum atomic E-state index is 14.0. The summed E-state index contributed by atoms with van der Waals surface area (Å²) in [6.07, 6.45) is -5.33. The zero-order valence-corrected chi connectivity index (χ0v) is 12.5. The van der Waals surface area contributed by atoms with E-state index in [2.05, 4.69) is 5.32 Å². The standard InChI is InChI=1S/C14H18F4N2.ClH/c1-10-2-3-11(12(15)8-10)13(9-14(16,17)18)20-6-4-19-5-7-20;/h2-3,8,13,19H,4-7,9H2,1H3;1H/t13-;/m0./s1. The third kappa shape index (κ3) is 5.13. The smallest absolute Gasteiger partial charge is 0.314 e. The Hall–Kier alpha value is -0.850. The van der Waals surface area contributed by atoms with Crippen LogP contribution in [0.2, 0.25) is 0 Å². The second-order valence-corrected chi connectivity index (χ2v) is 5.15. The van der Waals surface area contributed by atoms with Gasteiger partial charge in [0.15, 0.2) is 0 Å². The van der Waals surface area contributed by atoms with Gasteiger partial charge in [0.2, 0.25) is 0 Å². The summed E-state index contributed by atoms with van der Waals surface area (Å²) in [5.74, 6) is -0.558. The molecule has 1 saturated heterocycles. The molecule has 1 heterocycles. The van der Waals surface area contributed by atoms with Crippen LogP contribution in [0.4, 0.5) is 17.6 Å². The Morgan fingerprint density at radius 1 is 1.24 bits per heavy atom. The van der Waals surface area contributed by atoms with Crippen LogP contribution in [-0.4, -0.2) is 37.3 Å². The second kappa shape index (κ2) is 7.42. The molecule has 1 N–H and O–H groups in total. The van der Waals surface area contributed by atoms with Gasteiger partial charge >= 0.3 is 6.18 Å². The van der Waals surface area contributed by atoms with Gasteiger partial charge in [-0.3, -0.25) is 4.90 Å². The van der Waals surface area contributed by atoms with Gasteiger partial charge in [0.25, 0.3) is 0 Å². The van der Waals surface area contributed by atoms with E-state index in [4.69, 9.17) is 0 Å². The number of hydrogen-bond acceptors (Lipinski definition) is 2. The molecule has 1 aliphatic rings. The Labute approximate surface area is 127 Å². The number of halogens is 5. The molecule has 0 spiro atoms. The quantitative estimate of drug-likeness (QED) is 0.856. The monoisotopic (exact) mass is 326 g/mol. The minimum atomic E-state index is -4.31. The Balaban J connectivity index is 0.00000220. The molecule has 1 aliphatic heterocycles. The van der Waals surface area contributed by atoms with E-state index in [0.29, 0.717) is 31.7 Å². The summed E-state index contributed by atoms with van der Waals surface area (Å²) < 4.78 is 52.4. The van der Waals surface area contributed by atoms with E-state index < -0.39 is 24.5 Å². The van der Waals surface area contributed by atoms with Crippen molar-refractivity contribution in [2.45, 2.75) is 25.6 Å². The number of alkyl halides is 3. The highest BCUT2D eigenvalue weighted by Crippen LogP contribution is 2.35. The highest BCUT2D eigenvalue weighted by Gasteiger charge is 2.36. The maximum absolute atomic E-state index is 14.0. The van der Waals surface area contributed by atoms with Crippen LogP contribution < -0.4 is 5.32 Å². The van der Waals surface area contributed by atoms with Gasteiger partial charge < -0.3 is 5.32 Å². The molecule has 1 aromatic carbocycles. The molecule has 7 heteroatoms. The molecule has 0 unspecified atom stereocenters. The summed E-state index contributed by atoms with van der Waals surface area (Å²) >= 11 is 0. The number of rotatable bonds is 3. The molecule has 2 nitrogen and oxygen atoms in total. The average Bonchev–Trinajstić information content (AvgIpc) is 2.36. The zero-order valence-electron chi connectivity index (χ0n) is 11.7. The zero-order chi connectivity index (χ0) is 14.8. The minimum absolute atomic E-state index is 0. The van der Waals surface area contributed by atoms with Crippen LogP contribution in [0.1, 0.15) is 23.6 Å². The van der Waals surface area contributed by atoms with E-state index in [1.54, 1.807) is 17.9 Å². The van der Waals surface area contributed by atoms with Crippen LogP contribution in [0.5, 0.6) is 0 Å². The van der Waals surface area contributed by atoms with Crippen molar-refractivity contribution in [1.29, 1.82) is 0 Å². The van der Waals surface area contributed by atoms with Crippen molar-refractivity contribution in [3.63, 3.8) is 0 Å². The van der Waals surface area contributed by atoms with Crippen LogP contribution in [0.3, 0.4) is 0 Å². The van der Waals surface area contributed by atoms with E-state index >= 15 is 0 Å². The summed E-state index contributed by atoms with van der Waals surface area (Å²) in [6, 6.07) is 3.48. The van der Waals surface area contributed by atoms with Gasteiger partial charge in [-0.25, -0.2) is 4.39 Å². The predicted molar refractivity (Wildman–Crippen MR) is 76.2 cm³/mol. The minimum Gasteiger partial charge on any atom is -0.314 e. The number of hydrogen-bond donors (Lipinski definition) is 1. The van der Waals surface area contributed by atoms with E-state index in [9.17, 15) is 17.6 Å². The number of piperazine rings is 1. The fourth-order valence-electron chi connectivity index (χ4n) is 2.55. The molecule has 0 aliphatic carbocycles. The van der Waals surface area contributed by atoms with Crippen LogP contribution in [0.25, 0.3) is 0 Å². The lowest BCUT2D eigenvalue weighted by Gasteiger charge is -2.35. The van der Waals surface area contributed by atoms with Gasteiger partial charge in [0.05, 0.1) is 6.42 Å². The summed E-state index contributed by atoms with van der Waals surface area (Å²) in [6.45, 7) is 3.96. The summed E-state index contributed by atoms with van der Waals surface area (Å²) in [5, 5.41) is 3.09. The van der Waals surface area contributed by atoms with Crippen LogP contribution >= 0.6 is 12.4 Å². The molecule has 0 amide bonds. The van der Waals surface area contributed by atoms with Crippen molar-refractivity contribution in [2.24, 2.45) is 0 Å². The van der Waals surface area contributed by atoms with Crippen molar-refractivity contribution < 1.29 is 17.6 Å². The van der Waals surface area contributed by atoms with Crippen LogP contribution in [0.15, 0.2) is 18.2 Å². The van der Waals surface area contributed by atoms with E-state index in [-0.39, 0.29) is 18.0 Å². The molecule has 0 aromatic heterocycles. The lowest BCUT2D eigenvalue weighted by atomic mass is 9.99. The first-order valence-corrected chi connectivity index (χ1v) is 6.64. The topological polar surface area (TPSA) is 15.3 Å². The molecule has 1 fully saturated rings. The highest BCUT2D eigenvalue weighted by atomic mass is 35.5. The number of nitrogens with one attached hydrogen (secondary N) is 1. The SMILES string of the molecule is Cc1ccc([C@H](CC(F)(F)F)N2CCNCC2)c(F)c1.Cl. The molecular formula is C14H19ClF4N2.